The van der Waals surface area contributed by atoms with Crippen molar-refractivity contribution in [3.63, 3.8) is 0 Å². The van der Waals surface area contributed by atoms with E-state index in [0.717, 1.165) is 23.4 Å². The molecule has 0 amide bonds. The Hall–Kier alpha value is -1.85. The number of aryl methyl sites for hydroxylation is 1. The van der Waals surface area contributed by atoms with Crippen molar-refractivity contribution in [3.8, 4) is 5.75 Å². The molecule has 21 heavy (non-hydrogen) atoms. The van der Waals surface area contributed by atoms with E-state index in [1.165, 1.54) is 0 Å². The van der Waals surface area contributed by atoms with Crippen molar-refractivity contribution in [1.82, 2.24) is 15.1 Å². The number of rotatable bonds is 8. The van der Waals surface area contributed by atoms with Gasteiger partial charge in [0.15, 0.2) is 0 Å². The van der Waals surface area contributed by atoms with Crippen LogP contribution in [0.25, 0.3) is 0 Å². The topological polar surface area (TPSA) is 48.3 Å². The number of nitrogens with one attached hydrogen (secondary N) is 1. The summed E-state index contributed by atoms with van der Waals surface area (Å²) in [6, 6.07) is 8.16. The second-order valence-corrected chi connectivity index (χ2v) is 4.82. The maximum absolute atomic E-state index is 5.84. The molecule has 0 spiro atoms. The summed E-state index contributed by atoms with van der Waals surface area (Å²) in [6.07, 6.45) is 3.92. The summed E-state index contributed by atoms with van der Waals surface area (Å²) in [5.41, 5.74) is 2.24. The van der Waals surface area contributed by atoms with Crippen LogP contribution in [-0.4, -0.2) is 36.6 Å². The first-order valence-corrected chi connectivity index (χ1v) is 7.18. The summed E-state index contributed by atoms with van der Waals surface area (Å²) in [5.74, 6) is 0.879. The third-order valence-electron chi connectivity index (χ3n) is 3.24. The summed E-state index contributed by atoms with van der Waals surface area (Å²) in [5, 5.41) is 7.76. The van der Waals surface area contributed by atoms with Gasteiger partial charge >= 0.3 is 0 Å². The first-order valence-electron chi connectivity index (χ1n) is 7.18. The van der Waals surface area contributed by atoms with Gasteiger partial charge in [0.05, 0.1) is 18.8 Å². The van der Waals surface area contributed by atoms with Crippen molar-refractivity contribution in [2.45, 2.75) is 13.0 Å². The van der Waals surface area contributed by atoms with Gasteiger partial charge in [0.2, 0.25) is 0 Å². The molecular weight excluding hydrogens is 266 g/mol. The molecule has 0 fully saturated rings. The second-order valence-electron chi connectivity index (χ2n) is 4.82. The number of para-hydroxylation sites is 1. The highest BCUT2D eigenvalue weighted by Crippen LogP contribution is 2.29. The molecule has 1 heterocycles. The van der Waals surface area contributed by atoms with Crippen LogP contribution in [0.15, 0.2) is 36.7 Å². The second kappa shape index (κ2) is 7.81. The highest BCUT2D eigenvalue weighted by Gasteiger charge is 2.18. The Bertz CT molecular complexity index is 554. The predicted molar refractivity (Wildman–Crippen MR) is 82.5 cm³/mol. The van der Waals surface area contributed by atoms with Gasteiger partial charge in [0, 0.05) is 31.5 Å². The molecule has 0 radical (unpaired) electrons. The first-order chi connectivity index (χ1) is 10.3. The molecule has 1 aromatic carbocycles. The molecule has 1 unspecified atom stereocenters. The van der Waals surface area contributed by atoms with E-state index < -0.39 is 0 Å². The minimum Gasteiger partial charge on any atom is -0.491 e. The molecule has 2 rings (SSSR count). The minimum atomic E-state index is 0.0717. The van der Waals surface area contributed by atoms with E-state index in [9.17, 15) is 0 Å². The molecule has 0 aliphatic rings. The lowest BCUT2D eigenvalue weighted by Crippen LogP contribution is -2.22. The highest BCUT2D eigenvalue weighted by molar-refractivity contribution is 5.40. The smallest absolute Gasteiger partial charge is 0.124 e. The maximum Gasteiger partial charge on any atom is 0.124 e. The molecule has 0 saturated heterocycles. The largest absolute Gasteiger partial charge is 0.491 e. The van der Waals surface area contributed by atoms with Crippen LogP contribution >= 0.6 is 0 Å². The van der Waals surface area contributed by atoms with Crippen LogP contribution in [0.2, 0.25) is 0 Å². The molecule has 5 heteroatoms. The van der Waals surface area contributed by atoms with Gasteiger partial charge in [-0.1, -0.05) is 25.1 Å². The predicted octanol–water partition coefficient (Wildman–Crippen LogP) is 2.14. The number of benzene rings is 1. The summed E-state index contributed by atoms with van der Waals surface area (Å²) in [6.45, 7) is 4.08. The maximum atomic E-state index is 5.84. The Morgan fingerprint density at radius 1 is 1.29 bits per heavy atom. The Morgan fingerprint density at radius 3 is 2.76 bits per heavy atom. The zero-order chi connectivity index (χ0) is 15.1. The molecule has 0 bridgehead atoms. The summed E-state index contributed by atoms with van der Waals surface area (Å²) < 4.78 is 12.7. The zero-order valence-corrected chi connectivity index (χ0v) is 12.9. The van der Waals surface area contributed by atoms with Gasteiger partial charge in [-0.05, 0) is 12.6 Å². The van der Waals surface area contributed by atoms with Crippen LogP contribution in [0.5, 0.6) is 5.75 Å². The lowest BCUT2D eigenvalue weighted by Gasteiger charge is -2.20. The summed E-state index contributed by atoms with van der Waals surface area (Å²) >= 11 is 0. The normalized spacial score (nSPS) is 12.3. The molecule has 114 valence electrons. The van der Waals surface area contributed by atoms with Crippen molar-refractivity contribution < 1.29 is 9.47 Å². The molecule has 0 saturated carbocycles. The van der Waals surface area contributed by atoms with Gasteiger partial charge in [0.25, 0.3) is 0 Å². The Kier molecular flexibility index (Phi) is 5.78. The van der Waals surface area contributed by atoms with E-state index in [0.29, 0.717) is 13.2 Å². The lowest BCUT2D eigenvalue weighted by molar-refractivity contribution is 0.145. The monoisotopic (exact) mass is 289 g/mol. The number of hydrogen-bond donors (Lipinski definition) is 1. The fraction of sp³-hybridized carbons (Fsp3) is 0.438. The number of nitrogens with zero attached hydrogens (tertiary/aromatic N) is 2. The van der Waals surface area contributed by atoms with Crippen LogP contribution in [0.3, 0.4) is 0 Å². The van der Waals surface area contributed by atoms with Crippen molar-refractivity contribution in [2.75, 3.05) is 26.9 Å². The SMILES string of the molecule is CCNC(c1cnn(C)c1)c1ccccc1OCCOC. The molecule has 1 N–H and O–H groups in total. The fourth-order valence-corrected chi connectivity index (χ4v) is 2.29. The lowest BCUT2D eigenvalue weighted by atomic mass is 10.0. The highest BCUT2D eigenvalue weighted by atomic mass is 16.5. The van der Waals surface area contributed by atoms with Gasteiger partial charge < -0.3 is 14.8 Å². The van der Waals surface area contributed by atoms with E-state index in [4.69, 9.17) is 9.47 Å². The van der Waals surface area contributed by atoms with Gasteiger partial charge in [-0.15, -0.1) is 0 Å². The van der Waals surface area contributed by atoms with E-state index in [1.807, 2.05) is 42.3 Å². The molecule has 1 aromatic heterocycles. The van der Waals surface area contributed by atoms with E-state index >= 15 is 0 Å². The van der Waals surface area contributed by atoms with E-state index in [-0.39, 0.29) is 6.04 Å². The standard InChI is InChI=1S/C16H23N3O2/c1-4-17-16(13-11-18-19(2)12-13)14-7-5-6-8-15(14)21-10-9-20-3/h5-8,11-12,16-17H,4,9-10H2,1-3H3. The third kappa shape index (κ3) is 4.06. The van der Waals surface area contributed by atoms with Gasteiger partial charge in [-0.25, -0.2) is 0 Å². The van der Waals surface area contributed by atoms with Crippen molar-refractivity contribution >= 4 is 0 Å². The number of ether oxygens (including phenoxy) is 2. The average Bonchev–Trinajstić information content (AvgIpc) is 2.92. The minimum absolute atomic E-state index is 0.0717. The van der Waals surface area contributed by atoms with Crippen molar-refractivity contribution in [1.29, 1.82) is 0 Å². The molecule has 5 nitrogen and oxygen atoms in total. The number of hydrogen-bond acceptors (Lipinski definition) is 4. The Labute approximate surface area is 125 Å². The van der Waals surface area contributed by atoms with Crippen molar-refractivity contribution in [2.24, 2.45) is 7.05 Å². The third-order valence-corrected chi connectivity index (χ3v) is 3.24. The Morgan fingerprint density at radius 2 is 2.10 bits per heavy atom. The Balaban J connectivity index is 2.27. The molecule has 0 aliphatic carbocycles. The first kappa shape index (κ1) is 15.5. The van der Waals surface area contributed by atoms with Crippen LogP contribution in [0.4, 0.5) is 0 Å². The number of aromatic nitrogens is 2. The van der Waals surface area contributed by atoms with Gasteiger partial charge in [-0.2, -0.15) is 5.10 Å². The zero-order valence-electron chi connectivity index (χ0n) is 12.9. The van der Waals surface area contributed by atoms with Crippen LogP contribution < -0.4 is 10.1 Å². The average molecular weight is 289 g/mol. The van der Waals surface area contributed by atoms with E-state index in [2.05, 4.69) is 23.4 Å². The van der Waals surface area contributed by atoms with E-state index in [1.54, 1.807) is 7.11 Å². The van der Waals surface area contributed by atoms with Gasteiger partial charge in [0.1, 0.15) is 12.4 Å². The molecule has 2 aromatic rings. The number of methoxy groups -OCH3 is 1. The van der Waals surface area contributed by atoms with Crippen LogP contribution in [0.1, 0.15) is 24.1 Å². The molecule has 1 atom stereocenters. The fourth-order valence-electron chi connectivity index (χ4n) is 2.29. The van der Waals surface area contributed by atoms with Crippen LogP contribution in [0, 0.1) is 0 Å². The summed E-state index contributed by atoms with van der Waals surface area (Å²) in [4.78, 5) is 0. The van der Waals surface area contributed by atoms with Crippen molar-refractivity contribution in [3.05, 3.63) is 47.8 Å². The molecular formula is C16H23N3O2. The quantitative estimate of drug-likeness (QED) is 0.756. The van der Waals surface area contributed by atoms with Gasteiger partial charge in [-0.3, -0.25) is 4.68 Å². The summed E-state index contributed by atoms with van der Waals surface area (Å²) in [7, 11) is 3.60. The molecule has 0 aliphatic heterocycles. The van der Waals surface area contributed by atoms with Crippen LogP contribution in [-0.2, 0) is 11.8 Å².